The number of carbonyl (C=O) groups excluding carboxylic acids is 1. The van der Waals surface area contributed by atoms with Crippen LogP contribution < -0.4 is 0 Å². The largest absolute Gasteiger partial charge is 0.508 e. The van der Waals surface area contributed by atoms with Gasteiger partial charge in [0.05, 0.1) is 13.2 Å². The predicted molar refractivity (Wildman–Crippen MR) is 109 cm³/mol. The van der Waals surface area contributed by atoms with Crippen molar-refractivity contribution in [2.75, 3.05) is 32.8 Å². The van der Waals surface area contributed by atoms with Gasteiger partial charge in [-0.05, 0) is 44.3 Å². The van der Waals surface area contributed by atoms with Gasteiger partial charge in [-0.2, -0.15) is 0 Å². The fourth-order valence-corrected chi connectivity index (χ4v) is 2.92. The molecule has 1 atom stereocenters. The molecule has 154 valence electrons. The highest BCUT2D eigenvalue weighted by Gasteiger charge is 2.14. The molecule has 0 aromatic heterocycles. The van der Waals surface area contributed by atoms with Gasteiger partial charge < -0.3 is 19.1 Å². The van der Waals surface area contributed by atoms with E-state index < -0.39 is 6.16 Å². The summed E-state index contributed by atoms with van der Waals surface area (Å²) in [4.78, 5) is 14.2. The second-order valence-electron chi connectivity index (χ2n) is 6.69. The summed E-state index contributed by atoms with van der Waals surface area (Å²) in [7, 11) is 0. The molecular formula is C22H37NO4. The van der Waals surface area contributed by atoms with E-state index in [2.05, 4.69) is 37.8 Å². The highest BCUT2D eigenvalue weighted by atomic mass is 16.7. The Morgan fingerprint density at radius 1 is 1.00 bits per heavy atom. The number of carbonyl (C=O) groups is 1. The van der Waals surface area contributed by atoms with Crippen molar-refractivity contribution in [2.45, 2.75) is 65.6 Å². The molecule has 5 heteroatoms. The highest BCUT2D eigenvalue weighted by Crippen LogP contribution is 2.12. The summed E-state index contributed by atoms with van der Waals surface area (Å²) in [6, 6.07) is 10.1. The molecule has 0 heterocycles. The van der Waals surface area contributed by atoms with Crippen LogP contribution in [0.5, 0.6) is 0 Å². The second kappa shape index (κ2) is 15.5. The van der Waals surface area contributed by atoms with Crippen LogP contribution >= 0.6 is 0 Å². The molecule has 0 aliphatic carbocycles. The molecular weight excluding hydrogens is 342 g/mol. The molecule has 1 rings (SSSR count). The molecule has 0 N–H and O–H groups in total. The van der Waals surface area contributed by atoms with Gasteiger partial charge in [0.1, 0.15) is 6.10 Å². The van der Waals surface area contributed by atoms with E-state index in [0.717, 1.165) is 51.7 Å². The zero-order valence-corrected chi connectivity index (χ0v) is 17.3. The van der Waals surface area contributed by atoms with Crippen molar-refractivity contribution in [3.8, 4) is 0 Å². The molecule has 5 nitrogen and oxygen atoms in total. The summed E-state index contributed by atoms with van der Waals surface area (Å²) in [5, 5.41) is 0. The van der Waals surface area contributed by atoms with Gasteiger partial charge >= 0.3 is 6.16 Å². The Hall–Kier alpha value is -1.59. The standard InChI is InChI=1S/C22H37NO4/c1-4-12-21(15-10-17-25-19-20-13-8-7-9-14-20)27-22(24)26-18-11-16-23(5-2)6-3/h7-9,13-14,21H,4-6,10-12,15-19H2,1-3H3. The van der Waals surface area contributed by atoms with Crippen molar-refractivity contribution in [3.05, 3.63) is 35.9 Å². The van der Waals surface area contributed by atoms with Gasteiger partial charge in [0, 0.05) is 13.2 Å². The molecule has 0 amide bonds. The van der Waals surface area contributed by atoms with Crippen molar-refractivity contribution >= 4 is 6.16 Å². The lowest BCUT2D eigenvalue weighted by Gasteiger charge is -2.19. The Morgan fingerprint density at radius 2 is 1.74 bits per heavy atom. The molecule has 1 unspecified atom stereocenters. The molecule has 0 aliphatic rings. The Morgan fingerprint density at radius 3 is 2.41 bits per heavy atom. The maximum atomic E-state index is 11.9. The number of ether oxygens (including phenoxy) is 3. The minimum absolute atomic E-state index is 0.0920. The summed E-state index contributed by atoms with van der Waals surface area (Å²) >= 11 is 0. The zero-order chi connectivity index (χ0) is 19.7. The molecule has 1 aromatic rings. The van der Waals surface area contributed by atoms with Crippen molar-refractivity contribution in [1.29, 1.82) is 0 Å². The summed E-state index contributed by atoms with van der Waals surface area (Å²) in [6.45, 7) is 11.0. The normalized spacial score (nSPS) is 12.1. The first kappa shape index (κ1) is 23.4. The monoisotopic (exact) mass is 379 g/mol. The summed E-state index contributed by atoms with van der Waals surface area (Å²) in [5.74, 6) is 0. The zero-order valence-electron chi connectivity index (χ0n) is 17.3. The van der Waals surface area contributed by atoms with Crippen LogP contribution in [-0.4, -0.2) is 50.0 Å². The fourth-order valence-electron chi connectivity index (χ4n) is 2.92. The minimum atomic E-state index is -0.543. The number of benzene rings is 1. The van der Waals surface area contributed by atoms with E-state index >= 15 is 0 Å². The van der Waals surface area contributed by atoms with Gasteiger partial charge in [0.2, 0.25) is 0 Å². The smallest absolute Gasteiger partial charge is 0.434 e. The van der Waals surface area contributed by atoms with Gasteiger partial charge in [-0.15, -0.1) is 0 Å². The Labute approximate surface area is 165 Å². The lowest BCUT2D eigenvalue weighted by atomic mass is 10.1. The fraction of sp³-hybridized carbons (Fsp3) is 0.682. The summed E-state index contributed by atoms with van der Waals surface area (Å²) < 4.78 is 16.4. The first-order valence-electron chi connectivity index (χ1n) is 10.4. The number of hydrogen-bond donors (Lipinski definition) is 0. The van der Waals surface area contributed by atoms with Crippen LogP contribution in [0, 0.1) is 0 Å². The Bertz CT molecular complexity index is 476. The molecule has 0 bridgehead atoms. The van der Waals surface area contributed by atoms with E-state index in [1.165, 1.54) is 5.56 Å². The van der Waals surface area contributed by atoms with Gasteiger partial charge in [-0.1, -0.05) is 57.5 Å². The van der Waals surface area contributed by atoms with Gasteiger partial charge in [0.15, 0.2) is 0 Å². The van der Waals surface area contributed by atoms with E-state index in [9.17, 15) is 4.79 Å². The summed E-state index contributed by atoms with van der Waals surface area (Å²) in [5.41, 5.74) is 1.17. The quantitative estimate of drug-likeness (QED) is 0.316. The van der Waals surface area contributed by atoms with E-state index in [-0.39, 0.29) is 6.10 Å². The second-order valence-corrected chi connectivity index (χ2v) is 6.69. The van der Waals surface area contributed by atoms with Crippen LogP contribution in [-0.2, 0) is 20.8 Å². The van der Waals surface area contributed by atoms with Crippen molar-refractivity contribution in [3.63, 3.8) is 0 Å². The predicted octanol–water partition coefficient (Wildman–Crippen LogP) is 5.04. The van der Waals surface area contributed by atoms with Crippen molar-refractivity contribution < 1.29 is 19.0 Å². The molecule has 0 saturated heterocycles. The molecule has 27 heavy (non-hydrogen) atoms. The SMILES string of the molecule is CCCC(CCCOCc1ccccc1)OC(=O)OCCCN(CC)CC. The molecule has 0 fully saturated rings. The maximum absolute atomic E-state index is 11.9. The van der Waals surface area contributed by atoms with Gasteiger partial charge in [-0.3, -0.25) is 0 Å². The highest BCUT2D eigenvalue weighted by molar-refractivity contribution is 5.60. The topological polar surface area (TPSA) is 48.0 Å². The number of hydrogen-bond acceptors (Lipinski definition) is 5. The average molecular weight is 380 g/mol. The van der Waals surface area contributed by atoms with E-state index in [1.54, 1.807) is 0 Å². The van der Waals surface area contributed by atoms with Crippen LogP contribution in [0.1, 0.15) is 58.4 Å². The van der Waals surface area contributed by atoms with E-state index in [1.807, 2.05) is 18.2 Å². The third-order valence-electron chi connectivity index (χ3n) is 4.53. The minimum Gasteiger partial charge on any atom is -0.434 e. The van der Waals surface area contributed by atoms with Gasteiger partial charge in [-0.25, -0.2) is 4.79 Å². The molecule has 0 spiro atoms. The molecule has 0 saturated carbocycles. The van der Waals surface area contributed by atoms with Crippen LogP contribution in [0.4, 0.5) is 4.79 Å². The first-order chi connectivity index (χ1) is 13.2. The first-order valence-corrected chi connectivity index (χ1v) is 10.4. The lowest BCUT2D eigenvalue weighted by molar-refractivity contribution is 0.0117. The Balaban J connectivity index is 2.15. The Kier molecular flexibility index (Phi) is 13.4. The van der Waals surface area contributed by atoms with Crippen molar-refractivity contribution in [1.82, 2.24) is 4.90 Å². The van der Waals surface area contributed by atoms with E-state index in [4.69, 9.17) is 14.2 Å². The third kappa shape index (κ3) is 11.7. The third-order valence-corrected chi connectivity index (χ3v) is 4.53. The lowest BCUT2D eigenvalue weighted by Crippen LogP contribution is -2.25. The van der Waals surface area contributed by atoms with Crippen LogP contribution in [0.25, 0.3) is 0 Å². The maximum Gasteiger partial charge on any atom is 0.508 e. The summed E-state index contributed by atoms with van der Waals surface area (Å²) in [6.07, 6.45) is 3.70. The van der Waals surface area contributed by atoms with Crippen LogP contribution in [0.3, 0.4) is 0 Å². The van der Waals surface area contributed by atoms with Gasteiger partial charge in [0.25, 0.3) is 0 Å². The van der Waals surface area contributed by atoms with Crippen LogP contribution in [0.15, 0.2) is 30.3 Å². The number of rotatable bonds is 15. The van der Waals surface area contributed by atoms with Crippen molar-refractivity contribution in [2.24, 2.45) is 0 Å². The molecule has 0 aliphatic heterocycles. The molecule has 1 aromatic carbocycles. The van der Waals surface area contributed by atoms with Crippen LogP contribution in [0.2, 0.25) is 0 Å². The molecule has 0 radical (unpaired) electrons. The van der Waals surface area contributed by atoms with E-state index in [0.29, 0.717) is 19.8 Å². The number of nitrogens with zero attached hydrogens (tertiary/aromatic N) is 1. The average Bonchev–Trinajstić information content (AvgIpc) is 2.68.